The van der Waals surface area contributed by atoms with Crippen LogP contribution in [0.25, 0.3) is 0 Å². The number of aliphatic hydroxyl groups is 1. The minimum absolute atomic E-state index is 0.282. The van der Waals surface area contributed by atoms with Crippen LogP contribution in [0.15, 0.2) is 48.8 Å². The maximum absolute atomic E-state index is 9.11. The molecule has 1 atom stereocenters. The van der Waals surface area contributed by atoms with Gasteiger partial charge in [-0.3, -0.25) is 4.98 Å². The third-order valence-electron chi connectivity index (χ3n) is 2.20. The molecule has 1 heterocycles. The van der Waals surface area contributed by atoms with Crippen molar-refractivity contribution in [1.29, 1.82) is 0 Å². The number of rotatable bonds is 5. The van der Waals surface area contributed by atoms with Gasteiger partial charge >= 0.3 is 0 Å². The van der Waals surface area contributed by atoms with Crippen molar-refractivity contribution in [3.8, 4) is 17.2 Å². The van der Waals surface area contributed by atoms with Gasteiger partial charge in [0.1, 0.15) is 23.9 Å². The van der Waals surface area contributed by atoms with Gasteiger partial charge in [-0.25, -0.2) is 0 Å². The quantitative estimate of drug-likeness (QED) is 0.879. The van der Waals surface area contributed by atoms with E-state index in [1.54, 1.807) is 43.6 Å². The molecule has 2 aromatic rings. The fourth-order valence-electron chi connectivity index (χ4n) is 1.36. The van der Waals surface area contributed by atoms with Crippen LogP contribution in [-0.2, 0) is 0 Å². The topological polar surface area (TPSA) is 51.6 Å². The first-order valence-electron chi connectivity index (χ1n) is 5.73. The second-order valence-electron chi connectivity index (χ2n) is 3.92. The number of pyridine rings is 1. The second kappa shape index (κ2) is 6.02. The van der Waals surface area contributed by atoms with Crippen molar-refractivity contribution in [3.05, 3.63) is 48.8 Å². The highest BCUT2D eigenvalue weighted by Crippen LogP contribution is 2.23. The lowest BCUT2D eigenvalue weighted by atomic mass is 10.3. The highest BCUT2D eigenvalue weighted by atomic mass is 16.5. The molecule has 4 nitrogen and oxygen atoms in total. The van der Waals surface area contributed by atoms with Crippen molar-refractivity contribution in [2.45, 2.75) is 13.0 Å². The second-order valence-corrected chi connectivity index (χ2v) is 3.92. The van der Waals surface area contributed by atoms with E-state index in [4.69, 9.17) is 14.6 Å². The van der Waals surface area contributed by atoms with Crippen LogP contribution in [0.1, 0.15) is 6.92 Å². The fraction of sp³-hybridized carbons (Fsp3) is 0.214. The van der Waals surface area contributed by atoms with Crippen molar-refractivity contribution >= 4 is 0 Å². The molecule has 0 aliphatic carbocycles. The van der Waals surface area contributed by atoms with Gasteiger partial charge in [0, 0.05) is 12.4 Å². The van der Waals surface area contributed by atoms with Crippen LogP contribution in [0.4, 0.5) is 0 Å². The molecule has 0 fully saturated rings. The zero-order chi connectivity index (χ0) is 12.8. The lowest BCUT2D eigenvalue weighted by Gasteiger charge is -2.09. The molecule has 18 heavy (non-hydrogen) atoms. The van der Waals surface area contributed by atoms with E-state index in [-0.39, 0.29) is 6.61 Å². The average Bonchev–Trinajstić information content (AvgIpc) is 2.39. The molecule has 4 heteroatoms. The predicted octanol–water partition coefficient (Wildman–Crippen LogP) is 2.63. The molecular weight excluding hydrogens is 230 g/mol. The summed E-state index contributed by atoms with van der Waals surface area (Å²) in [5.41, 5.74) is 0. The molecule has 0 amide bonds. The van der Waals surface area contributed by atoms with Gasteiger partial charge in [0.2, 0.25) is 0 Å². The third-order valence-corrected chi connectivity index (χ3v) is 2.20. The molecule has 0 saturated carbocycles. The summed E-state index contributed by atoms with van der Waals surface area (Å²) in [5, 5.41) is 9.11. The smallest absolute Gasteiger partial charge is 0.130 e. The Hall–Kier alpha value is -2.07. The molecule has 1 unspecified atom stereocenters. The maximum Gasteiger partial charge on any atom is 0.130 e. The van der Waals surface area contributed by atoms with Crippen molar-refractivity contribution in [3.63, 3.8) is 0 Å². The van der Waals surface area contributed by atoms with E-state index >= 15 is 0 Å². The van der Waals surface area contributed by atoms with E-state index in [0.29, 0.717) is 5.75 Å². The van der Waals surface area contributed by atoms with Crippen LogP contribution in [0, 0.1) is 0 Å². The summed E-state index contributed by atoms with van der Waals surface area (Å²) in [6, 6.07) is 10.8. The summed E-state index contributed by atoms with van der Waals surface area (Å²) in [6.45, 7) is 1.96. The highest BCUT2D eigenvalue weighted by Gasteiger charge is 2.00. The highest BCUT2D eigenvalue weighted by molar-refractivity contribution is 5.34. The SMILES string of the molecule is CC(O)COc1ccc(Oc2ccncc2)cc1. The summed E-state index contributed by atoms with van der Waals surface area (Å²) in [7, 11) is 0. The van der Waals surface area contributed by atoms with Crippen molar-refractivity contribution in [2.24, 2.45) is 0 Å². The van der Waals surface area contributed by atoms with Crippen LogP contribution in [0.3, 0.4) is 0 Å². The van der Waals surface area contributed by atoms with Gasteiger partial charge in [-0.15, -0.1) is 0 Å². The number of ether oxygens (including phenoxy) is 2. The van der Waals surface area contributed by atoms with Crippen LogP contribution < -0.4 is 9.47 Å². The van der Waals surface area contributed by atoms with Crippen LogP contribution in [-0.4, -0.2) is 22.8 Å². The zero-order valence-corrected chi connectivity index (χ0v) is 10.1. The first kappa shape index (κ1) is 12.4. The Morgan fingerprint density at radius 1 is 1.00 bits per heavy atom. The average molecular weight is 245 g/mol. The molecule has 1 N–H and O–H groups in total. The van der Waals surface area contributed by atoms with E-state index in [1.807, 2.05) is 12.1 Å². The van der Waals surface area contributed by atoms with E-state index in [9.17, 15) is 0 Å². The number of hydrogen-bond donors (Lipinski definition) is 1. The van der Waals surface area contributed by atoms with E-state index in [0.717, 1.165) is 11.5 Å². The van der Waals surface area contributed by atoms with Crippen molar-refractivity contribution < 1.29 is 14.6 Å². The van der Waals surface area contributed by atoms with E-state index < -0.39 is 6.10 Å². The van der Waals surface area contributed by atoms with Gasteiger partial charge < -0.3 is 14.6 Å². The molecular formula is C14H15NO3. The Kier molecular flexibility index (Phi) is 4.15. The minimum Gasteiger partial charge on any atom is -0.491 e. The van der Waals surface area contributed by atoms with Gasteiger partial charge in [0.25, 0.3) is 0 Å². The van der Waals surface area contributed by atoms with Gasteiger partial charge in [0.05, 0.1) is 6.10 Å². The number of aliphatic hydroxyl groups excluding tert-OH is 1. The Labute approximate surface area is 106 Å². The van der Waals surface area contributed by atoms with Gasteiger partial charge in [-0.05, 0) is 43.3 Å². The number of aromatic nitrogens is 1. The summed E-state index contributed by atoms with van der Waals surface area (Å²) < 4.78 is 11.0. The molecule has 0 aliphatic rings. The third kappa shape index (κ3) is 3.75. The Bertz CT molecular complexity index is 468. The number of nitrogens with zero attached hydrogens (tertiary/aromatic N) is 1. The van der Waals surface area contributed by atoms with Crippen molar-refractivity contribution in [1.82, 2.24) is 4.98 Å². The van der Waals surface area contributed by atoms with Crippen LogP contribution in [0.5, 0.6) is 17.2 Å². The minimum atomic E-state index is -0.474. The molecule has 1 aromatic heterocycles. The lowest BCUT2D eigenvalue weighted by molar-refractivity contribution is 0.122. The predicted molar refractivity (Wildman–Crippen MR) is 67.9 cm³/mol. The normalized spacial score (nSPS) is 11.9. The monoisotopic (exact) mass is 245 g/mol. The summed E-state index contributed by atoms with van der Waals surface area (Å²) in [5.74, 6) is 2.17. The van der Waals surface area contributed by atoms with Crippen LogP contribution >= 0.6 is 0 Å². The molecule has 2 rings (SSSR count). The maximum atomic E-state index is 9.11. The van der Waals surface area contributed by atoms with E-state index in [1.165, 1.54) is 0 Å². The van der Waals surface area contributed by atoms with Gasteiger partial charge in [-0.1, -0.05) is 0 Å². The molecule has 0 spiro atoms. The number of benzene rings is 1. The van der Waals surface area contributed by atoms with Gasteiger partial charge in [-0.2, -0.15) is 0 Å². The first-order chi connectivity index (χ1) is 8.74. The zero-order valence-electron chi connectivity index (χ0n) is 10.1. The summed E-state index contributed by atoms with van der Waals surface area (Å²) in [6.07, 6.45) is 2.88. The van der Waals surface area contributed by atoms with Crippen LogP contribution in [0.2, 0.25) is 0 Å². The Morgan fingerprint density at radius 3 is 2.17 bits per heavy atom. The molecule has 0 bridgehead atoms. The molecule has 0 radical (unpaired) electrons. The molecule has 0 aliphatic heterocycles. The van der Waals surface area contributed by atoms with E-state index in [2.05, 4.69) is 4.98 Å². The molecule has 1 aromatic carbocycles. The lowest BCUT2D eigenvalue weighted by Crippen LogP contribution is -2.12. The standard InChI is InChI=1S/C14H15NO3/c1-11(16)10-17-12-2-4-13(5-3-12)18-14-6-8-15-9-7-14/h2-9,11,16H,10H2,1H3. The van der Waals surface area contributed by atoms with Crippen molar-refractivity contribution in [2.75, 3.05) is 6.61 Å². The largest absolute Gasteiger partial charge is 0.491 e. The summed E-state index contributed by atoms with van der Waals surface area (Å²) in [4.78, 5) is 3.92. The number of hydrogen-bond acceptors (Lipinski definition) is 4. The van der Waals surface area contributed by atoms with Gasteiger partial charge in [0.15, 0.2) is 0 Å². The molecule has 0 saturated heterocycles. The fourth-order valence-corrected chi connectivity index (χ4v) is 1.36. The summed E-state index contributed by atoms with van der Waals surface area (Å²) >= 11 is 0. The Morgan fingerprint density at radius 2 is 1.56 bits per heavy atom. The Balaban J connectivity index is 1.95. The molecule has 94 valence electrons. The first-order valence-corrected chi connectivity index (χ1v) is 5.73.